The molecule has 0 aliphatic carbocycles. The third-order valence-corrected chi connectivity index (χ3v) is 3.43. The Labute approximate surface area is 111 Å². The fourth-order valence-electron chi connectivity index (χ4n) is 2.05. The lowest BCUT2D eigenvalue weighted by Crippen LogP contribution is -2.28. The third kappa shape index (κ3) is 2.64. The number of nitrogens with one attached hydrogen (secondary N) is 1. The van der Waals surface area contributed by atoms with Gasteiger partial charge in [0.2, 0.25) is 11.8 Å². The van der Waals surface area contributed by atoms with E-state index in [2.05, 4.69) is 5.32 Å². The van der Waals surface area contributed by atoms with Crippen LogP contribution in [0.4, 0.5) is 5.69 Å². The van der Waals surface area contributed by atoms with Crippen molar-refractivity contribution < 1.29 is 9.59 Å². The molecular formula is C13H15ClN2O2. The summed E-state index contributed by atoms with van der Waals surface area (Å²) in [6.45, 7) is 3.05. The number of para-hydroxylation sites is 1. The maximum absolute atomic E-state index is 12.0. The lowest BCUT2D eigenvalue weighted by atomic mass is 10.1. The number of halogens is 1. The van der Waals surface area contributed by atoms with Crippen LogP contribution in [0.25, 0.3) is 0 Å². The van der Waals surface area contributed by atoms with Crippen LogP contribution in [-0.4, -0.2) is 29.8 Å². The number of benzene rings is 1. The van der Waals surface area contributed by atoms with Crippen molar-refractivity contribution in [3.63, 3.8) is 0 Å². The number of hydrogen-bond donors (Lipinski definition) is 1. The molecule has 1 fully saturated rings. The zero-order chi connectivity index (χ0) is 13.1. The second kappa shape index (κ2) is 5.40. The molecule has 4 nitrogen and oxygen atoms in total. The van der Waals surface area contributed by atoms with Crippen LogP contribution in [-0.2, 0) is 9.59 Å². The molecule has 0 spiro atoms. The van der Waals surface area contributed by atoms with Gasteiger partial charge in [0, 0.05) is 19.5 Å². The number of carbonyl (C=O) groups is 2. The first kappa shape index (κ1) is 12.9. The van der Waals surface area contributed by atoms with Crippen molar-refractivity contribution in [1.29, 1.82) is 0 Å². The van der Waals surface area contributed by atoms with Crippen molar-refractivity contribution in [2.45, 2.75) is 13.3 Å². The van der Waals surface area contributed by atoms with Crippen LogP contribution in [0.3, 0.4) is 0 Å². The summed E-state index contributed by atoms with van der Waals surface area (Å²) in [7, 11) is 0. The molecule has 5 heteroatoms. The highest BCUT2D eigenvalue weighted by molar-refractivity contribution is 6.33. The van der Waals surface area contributed by atoms with Crippen LogP contribution in [0.2, 0.25) is 5.02 Å². The van der Waals surface area contributed by atoms with E-state index in [1.54, 1.807) is 29.2 Å². The van der Waals surface area contributed by atoms with Crippen molar-refractivity contribution in [3.8, 4) is 0 Å². The molecule has 1 N–H and O–H groups in total. The zero-order valence-corrected chi connectivity index (χ0v) is 10.9. The van der Waals surface area contributed by atoms with Gasteiger partial charge in [0.15, 0.2) is 0 Å². The molecule has 0 radical (unpaired) electrons. The molecule has 1 heterocycles. The molecule has 0 saturated carbocycles. The molecule has 1 unspecified atom stereocenters. The molecule has 1 aromatic rings. The van der Waals surface area contributed by atoms with Crippen LogP contribution in [0.5, 0.6) is 0 Å². The molecule has 2 amide bonds. The van der Waals surface area contributed by atoms with Crippen molar-refractivity contribution >= 4 is 29.1 Å². The van der Waals surface area contributed by atoms with E-state index >= 15 is 0 Å². The highest BCUT2D eigenvalue weighted by Gasteiger charge is 2.33. The highest BCUT2D eigenvalue weighted by Crippen LogP contribution is 2.23. The Balaban J connectivity index is 2.02. The van der Waals surface area contributed by atoms with Gasteiger partial charge in [0.05, 0.1) is 16.6 Å². The zero-order valence-electron chi connectivity index (χ0n) is 10.1. The second-order valence-corrected chi connectivity index (χ2v) is 4.71. The van der Waals surface area contributed by atoms with E-state index in [1.165, 1.54) is 0 Å². The summed E-state index contributed by atoms with van der Waals surface area (Å²) in [5, 5.41) is 3.27. The van der Waals surface area contributed by atoms with E-state index in [4.69, 9.17) is 11.6 Å². The Kier molecular flexibility index (Phi) is 3.87. The molecule has 96 valence electrons. The number of anilines is 1. The first-order chi connectivity index (χ1) is 8.61. The summed E-state index contributed by atoms with van der Waals surface area (Å²) in [6, 6.07) is 7.07. The Bertz CT molecular complexity index is 476. The summed E-state index contributed by atoms with van der Waals surface area (Å²) < 4.78 is 0. The maximum atomic E-state index is 12.0. The molecule has 1 aromatic carbocycles. The summed E-state index contributed by atoms with van der Waals surface area (Å²) in [6.07, 6.45) is 0.282. The molecule has 1 aliphatic heterocycles. The molecule has 1 aliphatic rings. The Morgan fingerprint density at radius 3 is 2.83 bits per heavy atom. The molecular weight excluding hydrogens is 252 g/mol. The third-order valence-electron chi connectivity index (χ3n) is 3.10. The minimum Gasteiger partial charge on any atom is -0.342 e. The molecule has 2 rings (SSSR count). The van der Waals surface area contributed by atoms with E-state index in [0.717, 1.165) is 0 Å². The number of hydrogen-bond acceptors (Lipinski definition) is 2. The van der Waals surface area contributed by atoms with Gasteiger partial charge in [-0.1, -0.05) is 23.7 Å². The van der Waals surface area contributed by atoms with Crippen LogP contribution in [0.1, 0.15) is 13.3 Å². The van der Waals surface area contributed by atoms with E-state index < -0.39 is 0 Å². The van der Waals surface area contributed by atoms with Crippen molar-refractivity contribution in [2.24, 2.45) is 5.92 Å². The molecule has 1 atom stereocenters. The maximum Gasteiger partial charge on any atom is 0.229 e. The fourth-order valence-corrected chi connectivity index (χ4v) is 2.23. The van der Waals surface area contributed by atoms with Crippen molar-refractivity contribution in [1.82, 2.24) is 4.90 Å². The predicted octanol–water partition coefficient (Wildman–Crippen LogP) is 2.15. The summed E-state index contributed by atoms with van der Waals surface area (Å²) in [5.41, 5.74) is 0.589. The van der Waals surface area contributed by atoms with Gasteiger partial charge in [-0.3, -0.25) is 9.59 Å². The summed E-state index contributed by atoms with van der Waals surface area (Å²) >= 11 is 5.97. The monoisotopic (exact) mass is 266 g/mol. The topological polar surface area (TPSA) is 49.4 Å². The van der Waals surface area contributed by atoms with Gasteiger partial charge in [-0.25, -0.2) is 0 Å². The first-order valence-corrected chi connectivity index (χ1v) is 6.32. The van der Waals surface area contributed by atoms with Gasteiger partial charge < -0.3 is 10.2 Å². The number of carbonyl (C=O) groups excluding carboxylic acids is 2. The molecule has 0 bridgehead atoms. The quantitative estimate of drug-likeness (QED) is 0.911. The SMILES string of the molecule is CCN1CC(C(=O)Nc2ccccc2Cl)CC1=O. The first-order valence-electron chi connectivity index (χ1n) is 5.95. The summed E-state index contributed by atoms with van der Waals surface area (Å²) in [4.78, 5) is 25.3. The van der Waals surface area contributed by atoms with Gasteiger partial charge >= 0.3 is 0 Å². The average Bonchev–Trinajstić information content (AvgIpc) is 2.73. The van der Waals surface area contributed by atoms with Crippen molar-refractivity contribution in [2.75, 3.05) is 18.4 Å². The predicted molar refractivity (Wildman–Crippen MR) is 70.4 cm³/mol. The normalized spacial score (nSPS) is 19.1. The molecule has 1 saturated heterocycles. The van der Waals surface area contributed by atoms with Gasteiger partial charge in [0.1, 0.15) is 0 Å². The lowest BCUT2D eigenvalue weighted by Gasteiger charge is -2.14. The van der Waals surface area contributed by atoms with Crippen LogP contribution >= 0.6 is 11.6 Å². The van der Waals surface area contributed by atoms with Gasteiger partial charge in [0.25, 0.3) is 0 Å². The van der Waals surface area contributed by atoms with Gasteiger partial charge in [-0.05, 0) is 19.1 Å². The number of amides is 2. The number of nitrogens with zero attached hydrogens (tertiary/aromatic N) is 1. The highest BCUT2D eigenvalue weighted by atomic mass is 35.5. The Morgan fingerprint density at radius 1 is 1.50 bits per heavy atom. The van der Waals surface area contributed by atoms with E-state index in [0.29, 0.717) is 23.8 Å². The van der Waals surface area contributed by atoms with Crippen molar-refractivity contribution in [3.05, 3.63) is 29.3 Å². The second-order valence-electron chi connectivity index (χ2n) is 4.30. The van der Waals surface area contributed by atoms with Crippen LogP contribution in [0.15, 0.2) is 24.3 Å². The standard InChI is InChI=1S/C13H15ClN2O2/c1-2-16-8-9(7-12(16)17)13(18)15-11-6-4-3-5-10(11)14/h3-6,9H,2,7-8H2,1H3,(H,15,18). The molecule has 18 heavy (non-hydrogen) atoms. The largest absolute Gasteiger partial charge is 0.342 e. The lowest BCUT2D eigenvalue weighted by molar-refractivity contribution is -0.128. The van der Waals surface area contributed by atoms with Crippen LogP contribution in [0, 0.1) is 5.92 Å². The number of likely N-dealkylation sites (tertiary alicyclic amines) is 1. The van der Waals surface area contributed by atoms with E-state index in [9.17, 15) is 9.59 Å². The van der Waals surface area contributed by atoms with E-state index in [1.807, 2.05) is 6.92 Å². The summed E-state index contributed by atoms with van der Waals surface area (Å²) in [5.74, 6) is -0.391. The van der Waals surface area contributed by atoms with E-state index in [-0.39, 0.29) is 24.2 Å². The van der Waals surface area contributed by atoms with Crippen LogP contribution < -0.4 is 5.32 Å². The fraction of sp³-hybridized carbons (Fsp3) is 0.385. The number of rotatable bonds is 3. The Hall–Kier alpha value is -1.55. The Morgan fingerprint density at radius 2 is 2.22 bits per heavy atom. The van der Waals surface area contributed by atoms with Gasteiger partial charge in [-0.15, -0.1) is 0 Å². The smallest absolute Gasteiger partial charge is 0.229 e. The molecule has 0 aromatic heterocycles. The minimum atomic E-state index is -0.284. The minimum absolute atomic E-state index is 0.0387. The average molecular weight is 267 g/mol. The van der Waals surface area contributed by atoms with Gasteiger partial charge in [-0.2, -0.15) is 0 Å².